The topological polar surface area (TPSA) is 28.2 Å². The zero-order valence-corrected chi connectivity index (χ0v) is 10.8. The molecule has 98 valence electrons. The minimum Gasteiger partial charge on any atom is -0.342 e. The average Bonchev–Trinajstić information content (AvgIpc) is 2.60. The predicted molar refractivity (Wildman–Crippen MR) is 63.4 cm³/mol. The highest BCUT2D eigenvalue weighted by molar-refractivity contribution is 7.13. The lowest BCUT2D eigenvalue weighted by molar-refractivity contribution is -0.119. The summed E-state index contributed by atoms with van der Waals surface area (Å²) < 4.78 is 36.5. The molecule has 0 spiro atoms. The second-order valence-electron chi connectivity index (χ2n) is 4.13. The van der Waals surface area contributed by atoms with Gasteiger partial charge in [-0.05, 0) is 0 Å². The standard InChI is InChI=1S/C10H16F3N3S/c1-7(2)14-4-8-5-17-9(15-8)16(3)6-10(11,12)13/h5,7,14H,4,6H2,1-3H3. The van der Waals surface area contributed by atoms with E-state index in [0.717, 1.165) is 10.6 Å². The molecule has 1 N–H and O–H groups in total. The molecule has 0 bridgehead atoms. The van der Waals surface area contributed by atoms with Gasteiger partial charge in [-0.1, -0.05) is 13.8 Å². The van der Waals surface area contributed by atoms with E-state index in [1.807, 2.05) is 13.8 Å². The van der Waals surface area contributed by atoms with E-state index >= 15 is 0 Å². The summed E-state index contributed by atoms with van der Waals surface area (Å²) >= 11 is 1.22. The van der Waals surface area contributed by atoms with Crippen LogP contribution in [0.3, 0.4) is 0 Å². The Bertz CT molecular complexity index is 349. The van der Waals surface area contributed by atoms with Gasteiger partial charge in [0.15, 0.2) is 5.13 Å². The Morgan fingerprint density at radius 1 is 1.47 bits per heavy atom. The number of rotatable bonds is 5. The predicted octanol–water partition coefficient (Wildman–Crippen LogP) is 2.64. The summed E-state index contributed by atoms with van der Waals surface area (Å²) in [6, 6.07) is 0.327. The van der Waals surface area contributed by atoms with Crippen LogP contribution < -0.4 is 10.2 Å². The lowest BCUT2D eigenvalue weighted by Crippen LogP contribution is -2.30. The molecule has 1 aromatic rings. The summed E-state index contributed by atoms with van der Waals surface area (Å²) in [5.41, 5.74) is 0.771. The number of alkyl halides is 3. The molecule has 1 heterocycles. The maximum atomic E-state index is 12.2. The molecule has 0 amide bonds. The third-order valence-electron chi connectivity index (χ3n) is 1.97. The van der Waals surface area contributed by atoms with E-state index < -0.39 is 12.7 Å². The second-order valence-corrected chi connectivity index (χ2v) is 4.96. The van der Waals surface area contributed by atoms with Gasteiger partial charge in [-0.2, -0.15) is 13.2 Å². The van der Waals surface area contributed by atoms with Crippen molar-refractivity contribution in [3.05, 3.63) is 11.1 Å². The highest BCUT2D eigenvalue weighted by Gasteiger charge is 2.30. The quantitative estimate of drug-likeness (QED) is 0.889. The van der Waals surface area contributed by atoms with Crippen molar-refractivity contribution >= 4 is 16.5 Å². The monoisotopic (exact) mass is 267 g/mol. The van der Waals surface area contributed by atoms with Gasteiger partial charge in [0.2, 0.25) is 0 Å². The molecular formula is C10H16F3N3S. The van der Waals surface area contributed by atoms with Crippen molar-refractivity contribution in [3.63, 3.8) is 0 Å². The maximum absolute atomic E-state index is 12.2. The van der Waals surface area contributed by atoms with Gasteiger partial charge in [0.1, 0.15) is 6.54 Å². The third-order valence-corrected chi connectivity index (χ3v) is 2.98. The van der Waals surface area contributed by atoms with Gasteiger partial charge < -0.3 is 10.2 Å². The first-order valence-electron chi connectivity index (χ1n) is 5.23. The number of hydrogen-bond donors (Lipinski definition) is 1. The van der Waals surface area contributed by atoms with Gasteiger partial charge in [0.05, 0.1) is 5.69 Å². The van der Waals surface area contributed by atoms with E-state index in [0.29, 0.717) is 17.7 Å². The van der Waals surface area contributed by atoms with Gasteiger partial charge in [0, 0.05) is 25.0 Å². The van der Waals surface area contributed by atoms with Crippen LogP contribution in [0.5, 0.6) is 0 Å². The van der Waals surface area contributed by atoms with E-state index in [9.17, 15) is 13.2 Å². The van der Waals surface area contributed by atoms with Crippen LogP contribution in [-0.2, 0) is 6.54 Å². The van der Waals surface area contributed by atoms with Gasteiger partial charge in [-0.25, -0.2) is 4.98 Å². The van der Waals surface area contributed by atoms with E-state index in [2.05, 4.69) is 10.3 Å². The van der Waals surface area contributed by atoms with Gasteiger partial charge in [-0.3, -0.25) is 0 Å². The van der Waals surface area contributed by atoms with E-state index in [-0.39, 0.29) is 0 Å². The Hall–Kier alpha value is -0.820. The molecule has 0 saturated heterocycles. The first kappa shape index (κ1) is 14.2. The van der Waals surface area contributed by atoms with E-state index in [4.69, 9.17) is 0 Å². The van der Waals surface area contributed by atoms with Gasteiger partial charge in [-0.15, -0.1) is 11.3 Å². The Labute approximate surface area is 103 Å². The Morgan fingerprint density at radius 2 is 2.12 bits per heavy atom. The van der Waals surface area contributed by atoms with E-state index in [1.165, 1.54) is 18.4 Å². The summed E-state index contributed by atoms with van der Waals surface area (Å²) in [5.74, 6) is 0. The smallest absolute Gasteiger partial charge is 0.342 e. The van der Waals surface area contributed by atoms with Gasteiger partial charge >= 0.3 is 6.18 Å². The molecular weight excluding hydrogens is 251 g/mol. The molecule has 3 nitrogen and oxygen atoms in total. The lowest BCUT2D eigenvalue weighted by atomic mass is 10.4. The molecule has 0 fully saturated rings. The van der Waals surface area contributed by atoms with Crippen LogP contribution in [0.15, 0.2) is 5.38 Å². The zero-order chi connectivity index (χ0) is 13.1. The highest BCUT2D eigenvalue weighted by Crippen LogP contribution is 2.23. The Kier molecular flexibility index (Phi) is 4.76. The number of thiazole rings is 1. The minimum absolute atomic E-state index is 0.327. The highest BCUT2D eigenvalue weighted by atomic mass is 32.1. The van der Waals surface area contributed by atoms with Crippen LogP contribution in [0.25, 0.3) is 0 Å². The summed E-state index contributed by atoms with van der Waals surface area (Å²) in [5, 5.41) is 5.33. The van der Waals surface area contributed by atoms with Crippen LogP contribution in [-0.4, -0.2) is 30.8 Å². The minimum atomic E-state index is -4.20. The Morgan fingerprint density at radius 3 is 2.65 bits per heavy atom. The van der Waals surface area contributed by atoms with Crippen molar-refractivity contribution in [3.8, 4) is 0 Å². The SMILES string of the molecule is CC(C)NCc1csc(N(C)CC(F)(F)F)n1. The van der Waals surface area contributed by atoms with Crippen LogP contribution in [0, 0.1) is 0 Å². The summed E-state index contributed by atoms with van der Waals surface area (Å²) in [4.78, 5) is 5.26. The summed E-state index contributed by atoms with van der Waals surface area (Å²) in [6.45, 7) is 3.61. The molecule has 7 heteroatoms. The fourth-order valence-corrected chi connectivity index (χ4v) is 1.99. The number of hydrogen-bond acceptors (Lipinski definition) is 4. The molecule has 0 saturated carbocycles. The molecule has 0 aliphatic carbocycles. The number of nitrogens with zero attached hydrogens (tertiary/aromatic N) is 2. The largest absolute Gasteiger partial charge is 0.405 e. The molecule has 0 atom stereocenters. The molecule has 0 unspecified atom stereocenters. The van der Waals surface area contributed by atoms with Crippen molar-refractivity contribution in [2.45, 2.75) is 32.6 Å². The molecule has 1 rings (SSSR count). The van der Waals surface area contributed by atoms with E-state index in [1.54, 1.807) is 5.38 Å². The first-order valence-corrected chi connectivity index (χ1v) is 6.11. The molecule has 17 heavy (non-hydrogen) atoms. The van der Waals surface area contributed by atoms with Crippen molar-refractivity contribution < 1.29 is 13.2 Å². The Balaban J connectivity index is 2.55. The number of nitrogens with one attached hydrogen (secondary N) is 1. The van der Waals surface area contributed by atoms with Crippen molar-refractivity contribution in [1.82, 2.24) is 10.3 Å². The maximum Gasteiger partial charge on any atom is 0.405 e. The molecule has 0 aliphatic heterocycles. The fraction of sp³-hybridized carbons (Fsp3) is 0.700. The summed E-state index contributed by atoms with van der Waals surface area (Å²) in [7, 11) is 1.39. The van der Waals surface area contributed by atoms with Crippen LogP contribution >= 0.6 is 11.3 Å². The average molecular weight is 267 g/mol. The zero-order valence-electron chi connectivity index (χ0n) is 10.0. The number of anilines is 1. The van der Waals surface area contributed by atoms with Crippen molar-refractivity contribution in [1.29, 1.82) is 0 Å². The van der Waals surface area contributed by atoms with Crippen LogP contribution in [0.1, 0.15) is 19.5 Å². The fourth-order valence-electron chi connectivity index (χ4n) is 1.20. The second kappa shape index (κ2) is 5.68. The third kappa shape index (κ3) is 5.36. The summed E-state index contributed by atoms with van der Waals surface area (Å²) in [6.07, 6.45) is -4.20. The molecule has 0 aromatic carbocycles. The first-order chi connectivity index (χ1) is 7.78. The molecule has 0 aliphatic rings. The normalized spacial score (nSPS) is 12.2. The van der Waals surface area contributed by atoms with Crippen molar-refractivity contribution in [2.24, 2.45) is 0 Å². The molecule has 1 aromatic heterocycles. The van der Waals surface area contributed by atoms with Crippen LogP contribution in [0.2, 0.25) is 0 Å². The van der Waals surface area contributed by atoms with Crippen molar-refractivity contribution in [2.75, 3.05) is 18.5 Å². The number of aromatic nitrogens is 1. The van der Waals surface area contributed by atoms with Crippen LogP contribution in [0.4, 0.5) is 18.3 Å². The molecule has 0 radical (unpaired) electrons. The van der Waals surface area contributed by atoms with Gasteiger partial charge in [0.25, 0.3) is 0 Å². The number of halogens is 3. The lowest BCUT2D eigenvalue weighted by Gasteiger charge is -2.17.